The highest BCUT2D eigenvalue weighted by Crippen LogP contribution is 2.10. The van der Waals surface area contributed by atoms with Gasteiger partial charge < -0.3 is 4.74 Å². The molecule has 0 amide bonds. The molecule has 0 spiro atoms. The summed E-state index contributed by atoms with van der Waals surface area (Å²) in [6.07, 6.45) is 0. The predicted octanol–water partition coefficient (Wildman–Crippen LogP) is 2.10. The van der Waals surface area contributed by atoms with Gasteiger partial charge in [-0.1, -0.05) is 18.2 Å². The number of hydrogen-bond donors (Lipinski definition) is 0. The molecule has 0 saturated heterocycles. The van der Waals surface area contributed by atoms with Gasteiger partial charge in [0.05, 0.1) is 5.56 Å². The zero-order valence-electron chi connectivity index (χ0n) is 8.24. The van der Waals surface area contributed by atoms with Gasteiger partial charge in [-0.25, -0.2) is 9.18 Å². The highest BCUT2D eigenvalue weighted by Gasteiger charge is 2.24. The molecule has 0 saturated carbocycles. The Hall–Kier alpha value is -1.89. The maximum Gasteiger partial charge on any atom is 0.338 e. The van der Waals surface area contributed by atoms with Gasteiger partial charge in [-0.05, 0) is 19.1 Å². The molecule has 0 fully saturated rings. The Morgan fingerprint density at radius 2 is 2.13 bits per heavy atom. The first-order chi connectivity index (χ1) is 7.05. The van der Waals surface area contributed by atoms with Gasteiger partial charge in [0.2, 0.25) is 5.67 Å². The normalized spacial score (nSPS) is 13.7. The molecular weight excluding hydrogens is 197 g/mol. The van der Waals surface area contributed by atoms with E-state index >= 15 is 0 Å². The molecule has 1 aromatic rings. The van der Waals surface area contributed by atoms with Crippen LogP contribution >= 0.6 is 0 Å². The minimum Gasteiger partial charge on any atom is -0.458 e. The van der Waals surface area contributed by atoms with Gasteiger partial charge in [-0.15, -0.1) is 0 Å². The third-order valence-corrected chi connectivity index (χ3v) is 1.72. The van der Waals surface area contributed by atoms with Gasteiger partial charge in [0.15, 0.2) is 0 Å². The van der Waals surface area contributed by atoms with Crippen LogP contribution in [0, 0.1) is 11.3 Å². The Balaban J connectivity index is 2.56. The molecule has 78 valence electrons. The van der Waals surface area contributed by atoms with Crippen molar-refractivity contribution < 1.29 is 13.9 Å². The lowest BCUT2D eigenvalue weighted by Crippen LogP contribution is -2.25. The van der Waals surface area contributed by atoms with Crippen LogP contribution in [0.2, 0.25) is 0 Å². The molecule has 0 aliphatic heterocycles. The van der Waals surface area contributed by atoms with E-state index in [1.165, 1.54) is 6.07 Å². The zero-order valence-corrected chi connectivity index (χ0v) is 8.24. The summed E-state index contributed by atoms with van der Waals surface area (Å²) >= 11 is 0. The third kappa shape index (κ3) is 3.39. The number of esters is 1. The smallest absolute Gasteiger partial charge is 0.338 e. The number of carbonyl (C=O) groups excluding carboxylic acids is 1. The van der Waals surface area contributed by atoms with E-state index in [1.54, 1.807) is 30.3 Å². The molecule has 0 aliphatic rings. The average Bonchev–Trinajstić information content (AvgIpc) is 2.27. The quantitative estimate of drug-likeness (QED) is 0.713. The molecular formula is C11H10FNO2. The van der Waals surface area contributed by atoms with Crippen LogP contribution in [0.25, 0.3) is 0 Å². The number of nitriles is 1. The molecule has 3 nitrogen and oxygen atoms in total. The van der Waals surface area contributed by atoms with Gasteiger partial charge in [-0.2, -0.15) is 5.26 Å². The van der Waals surface area contributed by atoms with Gasteiger partial charge in [-0.3, -0.25) is 0 Å². The highest BCUT2D eigenvalue weighted by molar-refractivity contribution is 5.89. The van der Waals surface area contributed by atoms with Gasteiger partial charge in [0.25, 0.3) is 0 Å². The van der Waals surface area contributed by atoms with Crippen molar-refractivity contribution in [1.29, 1.82) is 5.26 Å². The second-order valence-electron chi connectivity index (χ2n) is 3.25. The van der Waals surface area contributed by atoms with Crippen molar-refractivity contribution in [2.45, 2.75) is 12.6 Å². The van der Waals surface area contributed by atoms with Crippen molar-refractivity contribution in [3.8, 4) is 6.07 Å². The predicted molar refractivity (Wildman–Crippen MR) is 51.9 cm³/mol. The Morgan fingerprint density at radius 1 is 1.53 bits per heavy atom. The average molecular weight is 207 g/mol. The fourth-order valence-corrected chi connectivity index (χ4v) is 0.891. The molecule has 15 heavy (non-hydrogen) atoms. The SMILES string of the molecule is C[C@@](F)(C#N)COC(=O)c1ccccc1. The van der Waals surface area contributed by atoms with Crippen LogP contribution < -0.4 is 0 Å². The minimum absolute atomic E-state index is 0.339. The van der Waals surface area contributed by atoms with Crippen LogP contribution in [-0.2, 0) is 4.74 Å². The lowest BCUT2D eigenvalue weighted by atomic mass is 10.2. The lowest BCUT2D eigenvalue weighted by Gasteiger charge is -2.11. The largest absolute Gasteiger partial charge is 0.458 e. The number of alkyl halides is 1. The zero-order chi connectivity index (χ0) is 11.3. The summed E-state index contributed by atoms with van der Waals surface area (Å²) in [6, 6.07) is 9.63. The Morgan fingerprint density at radius 3 is 2.67 bits per heavy atom. The van der Waals surface area contributed by atoms with E-state index in [-0.39, 0.29) is 0 Å². The molecule has 1 atom stereocenters. The lowest BCUT2D eigenvalue weighted by molar-refractivity contribution is 0.0327. The van der Waals surface area contributed by atoms with Crippen LogP contribution in [0.15, 0.2) is 30.3 Å². The van der Waals surface area contributed by atoms with E-state index < -0.39 is 18.2 Å². The molecule has 0 radical (unpaired) electrons. The number of halogens is 1. The summed E-state index contributed by atoms with van der Waals surface area (Å²) in [5.74, 6) is -0.630. The van der Waals surface area contributed by atoms with Gasteiger partial charge >= 0.3 is 5.97 Å². The molecule has 0 aromatic heterocycles. The van der Waals surface area contributed by atoms with Crippen LogP contribution in [0.1, 0.15) is 17.3 Å². The van der Waals surface area contributed by atoms with Crippen molar-refractivity contribution in [3.63, 3.8) is 0 Å². The Labute approximate surface area is 87.1 Å². The molecule has 0 aliphatic carbocycles. The molecule has 1 aromatic carbocycles. The number of hydrogen-bond acceptors (Lipinski definition) is 3. The summed E-state index contributed by atoms with van der Waals surface area (Å²) in [6.45, 7) is 0.502. The highest BCUT2D eigenvalue weighted by atomic mass is 19.1. The fraction of sp³-hybridized carbons (Fsp3) is 0.273. The molecule has 4 heteroatoms. The fourth-order valence-electron chi connectivity index (χ4n) is 0.891. The van der Waals surface area contributed by atoms with Crippen LogP contribution in [0.5, 0.6) is 0 Å². The summed E-state index contributed by atoms with van der Waals surface area (Å²) in [7, 11) is 0. The molecule has 0 N–H and O–H groups in total. The number of rotatable bonds is 3. The van der Waals surface area contributed by atoms with Crippen molar-refractivity contribution in [3.05, 3.63) is 35.9 Å². The molecule has 0 unspecified atom stereocenters. The Kier molecular flexibility index (Phi) is 3.40. The van der Waals surface area contributed by atoms with E-state index in [4.69, 9.17) is 5.26 Å². The maximum absolute atomic E-state index is 13.1. The van der Waals surface area contributed by atoms with Crippen LogP contribution in [-0.4, -0.2) is 18.2 Å². The molecule has 1 rings (SSSR count). The Bertz CT molecular complexity index is 381. The summed E-state index contributed by atoms with van der Waals surface area (Å²) in [4.78, 5) is 11.3. The number of benzene rings is 1. The number of nitrogens with zero attached hydrogens (tertiary/aromatic N) is 1. The second-order valence-corrected chi connectivity index (χ2v) is 3.25. The van der Waals surface area contributed by atoms with Crippen molar-refractivity contribution >= 4 is 5.97 Å². The van der Waals surface area contributed by atoms with E-state index in [0.717, 1.165) is 6.92 Å². The number of carbonyl (C=O) groups is 1. The first-order valence-electron chi connectivity index (χ1n) is 4.37. The van der Waals surface area contributed by atoms with Gasteiger partial charge in [0, 0.05) is 0 Å². The second kappa shape index (κ2) is 4.56. The first-order valence-corrected chi connectivity index (χ1v) is 4.37. The number of ether oxygens (including phenoxy) is 1. The van der Waals surface area contributed by atoms with E-state index in [0.29, 0.717) is 5.56 Å². The molecule has 0 bridgehead atoms. The van der Waals surface area contributed by atoms with E-state index in [2.05, 4.69) is 4.74 Å². The maximum atomic E-state index is 13.1. The monoisotopic (exact) mass is 207 g/mol. The van der Waals surface area contributed by atoms with Crippen molar-refractivity contribution in [2.75, 3.05) is 6.61 Å². The standard InChI is InChI=1S/C11H10FNO2/c1-11(12,7-13)8-15-10(14)9-5-3-2-4-6-9/h2-6H,8H2,1H3/t11-/m1/s1. The van der Waals surface area contributed by atoms with Crippen molar-refractivity contribution in [2.24, 2.45) is 0 Å². The van der Waals surface area contributed by atoms with Crippen LogP contribution in [0.4, 0.5) is 4.39 Å². The summed E-state index contributed by atoms with van der Waals surface area (Å²) in [5, 5.41) is 8.36. The van der Waals surface area contributed by atoms with E-state index in [9.17, 15) is 9.18 Å². The summed E-state index contributed by atoms with van der Waals surface area (Å²) in [5.41, 5.74) is -1.80. The van der Waals surface area contributed by atoms with Crippen LogP contribution in [0.3, 0.4) is 0 Å². The molecule has 0 heterocycles. The van der Waals surface area contributed by atoms with Gasteiger partial charge in [0.1, 0.15) is 12.7 Å². The summed E-state index contributed by atoms with van der Waals surface area (Å²) < 4.78 is 17.7. The third-order valence-electron chi connectivity index (χ3n) is 1.72. The van der Waals surface area contributed by atoms with Crippen molar-refractivity contribution in [1.82, 2.24) is 0 Å². The minimum atomic E-state index is -2.13. The van der Waals surface area contributed by atoms with E-state index in [1.807, 2.05) is 0 Å². The topological polar surface area (TPSA) is 50.1 Å². The first kappa shape index (κ1) is 11.2.